The molecule has 1 aliphatic rings. The minimum atomic E-state index is -0.283. The van der Waals surface area contributed by atoms with Gasteiger partial charge in [0.15, 0.2) is 0 Å². The maximum absolute atomic E-state index is 11.4. The molecular weight excluding hydrogens is 252 g/mol. The molecule has 0 saturated heterocycles. The number of nitrogens with two attached hydrogens (primary N) is 1. The molecule has 2 unspecified atom stereocenters. The number of ether oxygens (including phenoxy) is 1. The van der Waals surface area contributed by atoms with Crippen LogP contribution >= 0.6 is 0 Å². The summed E-state index contributed by atoms with van der Waals surface area (Å²) in [4.78, 5) is 11.4. The van der Waals surface area contributed by atoms with Crippen LogP contribution in [0.15, 0.2) is 18.2 Å². The van der Waals surface area contributed by atoms with Crippen molar-refractivity contribution < 1.29 is 9.53 Å². The van der Waals surface area contributed by atoms with Gasteiger partial charge in [-0.15, -0.1) is 0 Å². The predicted molar refractivity (Wildman–Crippen MR) is 79.5 cm³/mol. The summed E-state index contributed by atoms with van der Waals surface area (Å²) in [6.45, 7) is 7.69. The lowest BCUT2D eigenvalue weighted by molar-refractivity contribution is -0.120. The molecule has 0 saturated carbocycles. The van der Waals surface area contributed by atoms with E-state index < -0.39 is 0 Å². The number of hydrogen-bond acceptors (Lipinski definition) is 3. The highest BCUT2D eigenvalue weighted by atomic mass is 16.5. The molecule has 0 fully saturated rings. The molecule has 1 heterocycles. The summed E-state index contributed by atoms with van der Waals surface area (Å²) in [7, 11) is 0. The van der Waals surface area contributed by atoms with E-state index in [9.17, 15) is 4.79 Å². The quantitative estimate of drug-likeness (QED) is 0.892. The lowest BCUT2D eigenvalue weighted by Gasteiger charge is -2.38. The first kappa shape index (κ1) is 14.9. The monoisotopic (exact) mass is 276 g/mol. The van der Waals surface area contributed by atoms with Crippen molar-refractivity contribution in [3.8, 4) is 5.75 Å². The molecule has 2 rings (SSSR count). The largest absolute Gasteiger partial charge is 0.487 e. The number of benzene rings is 1. The fraction of sp³-hybridized carbons (Fsp3) is 0.562. The standard InChI is InChI=1S/C16H24N2O2/c1-5-13(17)11-6-7-15-12(8-11)14(18-10(2)19)9-16(3,4)20-15/h6-8,13-14H,5,9,17H2,1-4H3,(H,18,19). The molecule has 0 radical (unpaired) electrons. The van der Waals surface area contributed by atoms with Crippen molar-refractivity contribution in [1.29, 1.82) is 0 Å². The van der Waals surface area contributed by atoms with Gasteiger partial charge < -0.3 is 15.8 Å². The van der Waals surface area contributed by atoms with Crippen molar-refractivity contribution in [3.63, 3.8) is 0 Å². The van der Waals surface area contributed by atoms with Crippen LogP contribution in [0.5, 0.6) is 5.75 Å². The van der Waals surface area contributed by atoms with Gasteiger partial charge in [0.2, 0.25) is 5.91 Å². The highest BCUT2D eigenvalue weighted by Gasteiger charge is 2.34. The van der Waals surface area contributed by atoms with Gasteiger partial charge in [-0.3, -0.25) is 4.79 Å². The van der Waals surface area contributed by atoms with Crippen molar-refractivity contribution >= 4 is 5.91 Å². The summed E-state index contributed by atoms with van der Waals surface area (Å²) in [5.41, 5.74) is 7.93. The number of rotatable bonds is 3. The molecule has 0 aliphatic carbocycles. The first-order chi connectivity index (χ1) is 9.32. The Morgan fingerprint density at radius 3 is 2.85 bits per heavy atom. The maximum Gasteiger partial charge on any atom is 0.217 e. The zero-order chi connectivity index (χ0) is 14.9. The Balaban J connectivity index is 2.40. The summed E-state index contributed by atoms with van der Waals surface area (Å²) in [6.07, 6.45) is 1.64. The minimum Gasteiger partial charge on any atom is -0.487 e. The lowest BCUT2D eigenvalue weighted by atomic mass is 9.88. The predicted octanol–water partition coefficient (Wildman–Crippen LogP) is 2.83. The number of carbonyl (C=O) groups is 1. The average molecular weight is 276 g/mol. The zero-order valence-corrected chi connectivity index (χ0v) is 12.7. The van der Waals surface area contributed by atoms with Crippen molar-refractivity contribution in [2.24, 2.45) is 5.73 Å². The van der Waals surface area contributed by atoms with Crippen LogP contribution in [-0.2, 0) is 4.79 Å². The molecule has 0 aromatic heterocycles. The number of carbonyl (C=O) groups excluding carboxylic acids is 1. The topological polar surface area (TPSA) is 64.3 Å². The van der Waals surface area contributed by atoms with E-state index in [1.807, 2.05) is 26.0 Å². The summed E-state index contributed by atoms with van der Waals surface area (Å²) >= 11 is 0. The van der Waals surface area contributed by atoms with Crippen molar-refractivity contribution in [1.82, 2.24) is 5.32 Å². The van der Waals surface area contributed by atoms with E-state index in [0.29, 0.717) is 0 Å². The van der Waals surface area contributed by atoms with Gasteiger partial charge in [0.1, 0.15) is 11.4 Å². The van der Waals surface area contributed by atoms with Gasteiger partial charge in [0.25, 0.3) is 0 Å². The maximum atomic E-state index is 11.4. The Morgan fingerprint density at radius 1 is 1.55 bits per heavy atom. The fourth-order valence-electron chi connectivity index (χ4n) is 2.71. The Hall–Kier alpha value is -1.55. The second-order valence-corrected chi connectivity index (χ2v) is 6.13. The van der Waals surface area contributed by atoms with Crippen LogP contribution in [-0.4, -0.2) is 11.5 Å². The van der Waals surface area contributed by atoms with Crippen molar-refractivity contribution in [3.05, 3.63) is 29.3 Å². The van der Waals surface area contributed by atoms with Gasteiger partial charge in [0, 0.05) is 24.9 Å². The van der Waals surface area contributed by atoms with Crippen LogP contribution in [0.1, 0.15) is 63.7 Å². The molecular formula is C16H24N2O2. The first-order valence-electron chi connectivity index (χ1n) is 7.18. The van der Waals surface area contributed by atoms with Crippen molar-refractivity contribution in [2.75, 3.05) is 0 Å². The highest BCUT2D eigenvalue weighted by molar-refractivity contribution is 5.73. The lowest BCUT2D eigenvalue weighted by Crippen LogP contribution is -2.40. The van der Waals surface area contributed by atoms with Crippen LogP contribution in [0.25, 0.3) is 0 Å². The van der Waals surface area contributed by atoms with Crippen LogP contribution < -0.4 is 15.8 Å². The number of hydrogen-bond donors (Lipinski definition) is 2. The van der Waals surface area contributed by atoms with E-state index in [-0.39, 0.29) is 23.6 Å². The Morgan fingerprint density at radius 2 is 2.25 bits per heavy atom. The Labute approximate surface area is 120 Å². The first-order valence-corrected chi connectivity index (χ1v) is 7.18. The van der Waals surface area contributed by atoms with E-state index in [0.717, 1.165) is 29.7 Å². The molecule has 2 atom stereocenters. The molecule has 0 spiro atoms. The van der Waals surface area contributed by atoms with Gasteiger partial charge in [-0.2, -0.15) is 0 Å². The molecule has 1 aromatic carbocycles. The third kappa shape index (κ3) is 3.12. The van der Waals surface area contributed by atoms with Crippen LogP contribution in [0.4, 0.5) is 0 Å². The zero-order valence-electron chi connectivity index (χ0n) is 12.7. The molecule has 4 heteroatoms. The molecule has 0 bridgehead atoms. The normalized spacial score (nSPS) is 21.6. The van der Waals surface area contributed by atoms with E-state index >= 15 is 0 Å². The molecule has 1 amide bonds. The van der Waals surface area contributed by atoms with E-state index in [1.54, 1.807) is 6.92 Å². The van der Waals surface area contributed by atoms with Crippen LogP contribution in [0.2, 0.25) is 0 Å². The van der Waals surface area contributed by atoms with Crippen LogP contribution in [0, 0.1) is 0 Å². The molecule has 20 heavy (non-hydrogen) atoms. The number of amides is 1. The fourth-order valence-corrected chi connectivity index (χ4v) is 2.71. The number of nitrogens with one attached hydrogen (secondary N) is 1. The van der Waals surface area contributed by atoms with E-state index in [1.165, 1.54) is 0 Å². The smallest absolute Gasteiger partial charge is 0.217 e. The number of fused-ring (bicyclic) bond motifs is 1. The summed E-state index contributed by atoms with van der Waals surface area (Å²) in [5, 5.41) is 3.02. The third-order valence-corrected chi connectivity index (χ3v) is 3.74. The summed E-state index contributed by atoms with van der Waals surface area (Å²) in [5.74, 6) is 0.816. The second kappa shape index (κ2) is 5.44. The molecule has 110 valence electrons. The van der Waals surface area contributed by atoms with Gasteiger partial charge >= 0.3 is 0 Å². The van der Waals surface area contributed by atoms with E-state index in [2.05, 4.69) is 18.3 Å². The average Bonchev–Trinajstić information content (AvgIpc) is 2.35. The van der Waals surface area contributed by atoms with Crippen molar-refractivity contribution in [2.45, 2.75) is 58.2 Å². The van der Waals surface area contributed by atoms with E-state index in [4.69, 9.17) is 10.5 Å². The van der Waals surface area contributed by atoms with Gasteiger partial charge in [-0.25, -0.2) is 0 Å². The molecule has 1 aliphatic heterocycles. The van der Waals surface area contributed by atoms with Crippen LogP contribution in [0.3, 0.4) is 0 Å². The highest BCUT2D eigenvalue weighted by Crippen LogP contribution is 2.40. The van der Waals surface area contributed by atoms with Gasteiger partial charge in [0.05, 0.1) is 6.04 Å². The Bertz CT molecular complexity index is 511. The Kier molecular flexibility index (Phi) is 4.04. The summed E-state index contributed by atoms with van der Waals surface area (Å²) in [6, 6.07) is 6.05. The molecule has 4 nitrogen and oxygen atoms in total. The summed E-state index contributed by atoms with van der Waals surface area (Å²) < 4.78 is 6.01. The van der Waals surface area contributed by atoms with Gasteiger partial charge in [-0.1, -0.05) is 13.0 Å². The molecule has 3 N–H and O–H groups in total. The molecule has 1 aromatic rings. The third-order valence-electron chi connectivity index (χ3n) is 3.74. The SMILES string of the molecule is CCC(N)c1ccc2c(c1)C(NC(C)=O)CC(C)(C)O2. The second-order valence-electron chi connectivity index (χ2n) is 6.13. The van der Waals surface area contributed by atoms with Gasteiger partial charge in [-0.05, 0) is 38.0 Å². The minimum absolute atomic E-state index is 0.0183.